The first kappa shape index (κ1) is 26.3. The highest BCUT2D eigenvalue weighted by Gasteiger charge is 2.29. The van der Waals surface area contributed by atoms with Gasteiger partial charge >= 0.3 is 12.3 Å². The van der Waals surface area contributed by atoms with Crippen LogP contribution in [0.3, 0.4) is 0 Å². The molecule has 0 atom stereocenters. The molecule has 1 aliphatic rings. The van der Waals surface area contributed by atoms with E-state index in [9.17, 15) is 18.0 Å². The topological polar surface area (TPSA) is 60.4 Å². The smallest absolute Gasteiger partial charge is 0.410 e. The van der Waals surface area contributed by atoms with E-state index in [2.05, 4.69) is 15.2 Å². The molecule has 0 aromatic carbocycles. The van der Waals surface area contributed by atoms with E-state index in [-0.39, 0.29) is 12.6 Å². The minimum Gasteiger partial charge on any atom is -0.444 e. The standard InChI is InChI=1S/C20H38F3N5O2/c1-7-27(18(29)30-19(2,3)4)14-16-8-11-28(12-9-16)17(24-5)25-10-13-26(6)15-20(21,22)23/h16H,7-15H2,1-6H3,(H,24,25). The summed E-state index contributed by atoms with van der Waals surface area (Å²) in [5, 5.41) is 3.15. The fourth-order valence-corrected chi connectivity index (χ4v) is 3.37. The predicted octanol–water partition coefficient (Wildman–Crippen LogP) is 3.02. The van der Waals surface area contributed by atoms with Crippen molar-refractivity contribution < 1.29 is 22.7 Å². The molecule has 1 saturated heterocycles. The van der Waals surface area contributed by atoms with E-state index >= 15 is 0 Å². The first-order chi connectivity index (χ1) is 13.8. The number of nitrogens with zero attached hydrogens (tertiary/aromatic N) is 4. The van der Waals surface area contributed by atoms with Crippen LogP contribution >= 0.6 is 0 Å². The number of carbonyl (C=O) groups excluding carboxylic acids is 1. The van der Waals surface area contributed by atoms with Gasteiger partial charge in [-0.05, 0) is 53.5 Å². The van der Waals surface area contributed by atoms with E-state index in [4.69, 9.17) is 4.74 Å². The largest absolute Gasteiger partial charge is 0.444 e. The summed E-state index contributed by atoms with van der Waals surface area (Å²) in [6.07, 6.45) is -2.65. The number of halogens is 3. The summed E-state index contributed by atoms with van der Waals surface area (Å²) >= 11 is 0. The van der Waals surface area contributed by atoms with E-state index < -0.39 is 18.3 Å². The van der Waals surface area contributed by atoms with Crippen molar-refractivity contribution in [3.63, 3.8) is 0 Å². The third kappa shape index (κ3) is 10.4. The van der Waals surface area contributed by atoms with Gasteiger partial charge in [0.25, 0.3) is 0 Å². The van der Waals surface area contributed by atoms with Crippen LogP contribution in [0.2, 0.25) is 0 Å². The van der Waals surface area contributed by atoms with E-state index in [1.165, 1.54) is 11.9 Å². The number of nitrogens with one attached hydrogen (secondary N) is 1. The third-order valence-electron chi connectivity index (χ3n) is 4.86. The van der Waals surface area contributed by atoms with E-state index in [1.54, 1.807) is 11.9 Å². The SMILES string of the molecule is CCN(CC1CCN(C(=NC)NCCN(C)CC(F)(F)F)CC1)C(=O)OC(C)(C)C. The van der Waals surface area contributed by atoms with Gasteiger partial charge in [0.2, 0.25) is 0 Å². The molecular formula is C20H38F3N5O2. The van der Waals surface area contributed by atoms with Gasteiger partial charge in [0, 0.05) is 46.3 Å². The zero-order chi connectivity index (χ0) is 22.9. The van der Waals surface area contributed by atoms with Crippen molar-refractivity contribution in [1.29, 1.82) is 0 Å². The molecule has 1 aliphatic heterocycles. The number of likely N-dealkylation sites (tertiary alicyclic amines) is 1. The number of rotatable bonds is 7. The molecule has 176 valence electrons. The normalized spacial score (nSPS) is 16.7. The van der Waals surface area contributed by atoms with Crippen molar-refractivity contribution in [1.82, 2.24) is 20.0 Å². The Morgan fingerprint density at radius 2 is 1.83 bits per heavy atom. The summed E-state index contributed by atoms with van der Waals surface area (Å²) in [5.41, 5.74) is -0.514. The van der Waals surface area contributed by atoms with Gasteiger partial charge in [-0.1, -0.05) is 0 Å². The lowest BCUT2D eigenvalue weighted by atomic mass is 9.96. The summed E-state index contributed by atoms with van der Waals surface area (Å²) in [4.78, 5) is 21.7. The first-order valence-electron chi connectivity index (χ1n) is 10.5. The molecule has 0 aromatic rings. The van der Waals surface area contributed by atoms with Gasteiger partial charge in [-0.3, -0.25) is 9.89 Å². The van der Waals surface area contributed by atoms with Crippen LogP contribution in [-0.2, 0) is 4.74 Å². The quantitative estimate of drug-likeness (QED) is 0.490. The fraction of sp³-hybridized carbons (Fsp3) is 0.900. The second-order valence-electron chi connectivity index (χ2n) is 8.78. The van der Waals surface area contributed by atoms with Crippen LogP contribution in [0, 0.1) is 5.92 Å². The van der Waals surface area contributed by atoms with Crippen LogP contribution in [0.4, 0.5) is 18.0 Å². The molecule has 1 fully saturated rings. The highest BCUT2D eigenvalue weighted by atomic mass is 19.4. The molecule has 1 rings (SSSR count). The number of hydrogen-bond donors (Lipinski definition) is 1. The van der Waals surface area contributed by atoms with Crippen LogP contribution in [0.15, 0.2) is 4.99 Å². The van der Waals surface area contributed by atoms with Crippen molar-refractivity contribution in [2.75, 3.05) is 59.9 Å². The Balaban J connectivity index is 2.43. The molecule has 30 heavy (non-hydrogen) atoms. The van der Waals surface area contributed by atoms with Crippen LogP contribution in [0.25, 0.3) is 0 Å². The average molecular weight is 438 g/mol. The predicted molar refractivity (Wildman–Crippen MR) is 113 cm³/mol. The Labute approximate surface area is 178 Å². The molecule has 0 aromatic heterocycles. The lowest BCUT2D eigenvalue weighted by Gasteiger charge is -2.36. The Morgan fingerprint density at radius 1 is 1.23 bits per heavy atom. The molecule has 0 bridgehead atoms. The number of hydrogen-bond acceptors (Lipinski definition) is 4. The molecule has 0 radical (unpaired) electrons. The number of aliphatic imine (C=N–C) groups is 1. The molecule has 1 amide bonds. The maximum atomic E-state index is 12.4. The van der Waals surface area contributed by atoms with Crippen molar-refractivity contribution in [2.24, 2.45) is 10.9 Å². The maximum Gasteiger partial charge on any atom is 0.410 e. The average Bonchev–Trinajstić information content (AvgIpc) is 2.61. The van der Waals surface area contributed by atoms with E-state index in [0.717, 1.165) is 25.9 Å². The Hall–Kier alpha value is -1.71. The maximum absolute atomic E-state index is 12.4. The number of likely N-dealkylation sites (N-methyl/N-ethyl adjacent to an activating group) is 1. The highest BCUT2D eigenvalue weighted by molar-refractivity contribution is 5.79. The van der Waals surface area contributed by atoms with Gasteiger partial charge < -0.3 is 19.9 Å². The van der Waals surface area contributed by atoms with Gasteiger partial charge in [-0.15, -0.1) is 0 Å². The number of ether oxygens (including phenoxy) is 1. The zero-order valence-corrected chi connectivity index (χ0v) is 19.2. The lowest BCUT2D eigenvalue weighted by Crippen LogP contribution is -2.49. The van der Waals surface area contributed by atoms with Crippen molar-refractivity contribution in [2.45, 2.75) is 52.3 Å². The molecule has 7 nitrogen and oxygen atoms in total. The summed E-state index contributed by atoms with van der Waals surface area (Å²) in [6, 6.07) is 0. The fourth-order valence-electron chi connectivity index (χ4n) is 3.37. The molecule has 10 heteroatoms. The number of alkyl halides is 3. The van der Waals surface area contributed by atoms with Crippen molar-refractivity contribution in [3.8, 4) is 0 Å². The summed E-state index contributed by atoms with van der Waals surface area (Å²) in [6.45, 7) is 10.1. The van der Waals surface area contributed by atoms with Crippen molar-refractivity contribution >= 4 is 12.1 Å². The summed E-state index contributed by atoms with van der Waals surface area (Å²) in [5.74, 6) is 1.08. The number of amides is 1. The molecular weight excluding hydrogens is 399 g/mol. The van der Waals surface area contributed by atoms with Gasteiger partial charge in [0.05, 0.1) is 6.54 Å². The Bertz CT molecular complexity index is 556. The number of piperidine rings is 1. The molecule has 0 saturated carbocycles. The first-order valence-corrected chi connectivity index (χ1v) is 10.5. The highest BCUT2D eigenvalue weighted by Crippen LogP contribution is 2.20. The van der Waals surface area contributed by atoms with Crippen LogP contribution in [-0.4, -0.2) is 98.4 Å². The van der Waals surface area contributed by atoms with Gasteiger partial charge in [0.1, 0.15) is 5.60 Å². The number of carbonyl (C=O) groups is 1. The Morgan fingerprint density at radius 3 is 2.30 bits per heavy atom. The second kappa shape index (κ2) is 11.6. The minimum atomic E-state index is -4.19. The molecule has 0 unspecified atom stereocenters. The zero-order valence-electron chi connectivity index (χ0n) is 19.2. The molecule has 1 heterocycles. The van der Waals surface area contributed by atoms with Crippen LogP contribution < -0.4 is 5.32 Å². The monoisotopic (exact) mass is 437 g/mol. The Kier molecular flexibility index (Phi) is 10.2. The number of guanidine groups is 1. The van der Waals surface area contributed by atoms with Gasteiger partial charge in [-0.25, -0.2) is 4.79 Å². The molecule has 1 N–H and O–H groups in total. The molecule has 0 aliphatic carbocycles. The second-order valence-corrected chi connectivity index (χ2v) is 8.78. The van der Waals surface area contributed by atoms with E-state index in [0.29, 0.717) is 31.5 Å². The minimum absolute atomic E-state index is 0.274. The lowest BCUT2D eigenvalue weighted by molar-refractivity contribution is -0.142. The van der Waals surface area contributed by atoms with Gasteiger partial charge in [0.15, 0.2) is 5.96 Å². The molecule has 0 spiro atoms. The van der Waals surface area contributed by atoms with E-state index in [1.807, 2.05) is 27.7 Å². The van der Waals surface area contributed by atoms with Crippen LogP contribution in [0.1, 0.15) is 40.5 Å². The van der Waals surface area contributed by atoms with Crippen molar-refractivity contribution in [3.05, 3.63) is 0 Å². The summed E-state index contributed by atoms with van der Waals surface area (Å²) < 4.78 is 42.7. The van der Waals surface area contributed by atoms with Gasteiger partial charge in [-0.2, -0.15) is 13.2 Å². The third-order valence-corrected chi connectivity index (χ3v) is 4.86. The summed E-state index contributed by atoms with van der Waals surface area (Å²) in [7, 11) is 3.13. The van der Waals surface area contributed by atoms with Crippen LogP contribution in [0.5, 0.6) is 0 Å².